The second kappa shape index (κ2) is 54.8. The van der Waals surface area contributed by atoms with Crippen molar-refractivity contribution in [3.05, 3.63) is 12.2 Å². The lowest BCUT2D eigenvalue weighted by Crippen LogP contribution is -2.70. The zero-order valence-electron chi connectivity index (χ0n) is 67.7. The Labute approximate surface area is 672 Å². The zero-order chi connectivity index (χ0) is 83.2. The summed E-state index contributed by atoms with van der Waals surface area (Å²) in [6, 6.07) is -2.94. The highest BCUT2D eigenvalue weighted by Gasteiger charge is 2.59. The van der Waals surface area contributed by atoms with Crippen molar-refractivity contribution in [2.45, 2.75) is 442 Å². The minimum absolute atomic E-state index is 0.177. The monoisotopic (exact) mass is 1650 g/mol. The second-order valence-corrected chi connectivity index (χ2v) is 32.0. The van der Waals surface area contributed by atoms with Crippen LogP contribution in [0.4, 0.5) is 0 Å². The molecular weight excluding hydrogens is 1500 g/mol. The number of nitrogens with one attached hydrogen (secondary N) is 2. The first-order valence-electron chi connectivity index (χ1n) is 42.8. The van der Waals surface area contributed by atoms with Crippen LogP contribution in [-0.2, 0) is 66.4 Å². The Morgan fingerprint density at radius 2 is 0.719 bits per heavy atom. The van der Waals surface area contributed by atoms with Gasteiger partial charge in [-0.1, -0.05) is 219 Å². The fourth-order valence-electron chi connectivity index (χ4n) is 15.7. The number of unbranched alkanes of at least 4 members (excludes halogenated alkanes) is 31. The van der Waals surface area contributed by atoms with E-state index >= 15 is 0 Å². The molecule has 12 unspecified atom stereocenters. The Bertz CT molecular complexity index is 2560. The lowest BCUT2D eigenvalue weighted by Gasteiger charge is -2.51. The molecule has 6 aliphatic rings. The molecule has 34 heteroatoms. The number of amides is 2. The van der Waals surface area contributed by atoms with Crippen LogP contribution < -0.4 is 10.6 Å². The highest BCUT2D eigenvalue weighted by Crippen LogP contribution is 2.39. The molecule has 6 rings (SSSR count). The molecule has 0 saturated carbocycles. The van der Waals surface area contributed by atoms with Crippen molar-refractivity contribution in [3.8, 4) is 0 Å². The van der Waals surface area contributed by atoms with Gasteiger partial charge >= 0.3 is 0 Å². The normalized spacial score (nSPS) is 36.8. The van der Waals surface area contributed by atoms with Gasteiger partial charge < -0.3 is 159 Å². The van der Waals surface area contributed by atoms with E-state index in [-0.39, 0.29) is 12.3 Å². The molecule has 114 heavy (non-hydrogen) atoms. The summed E-state index contributed by atoms with van der Waals surface area (Å²) >= 11 is 0. The highest BCUT2D eigenvalue weighted by atomic mass is 16.8. The average molecular weight is 1650 g/mol. The van der Waals surface area contributed by atoms with Crippen LogP contribution in [0.5, 0.6) is 0 Å². The predicted octanol–water partition coefficient (Wildman–Crippen LogP) is 0.800. The summed E-state index contributed by atoms with van der Waals surface area (Å²) in [5.74, 6) is -1.22. The molecule has 0 aromatic rings. The van der Waals surface area contributed by atoms with Crippen LogP contribution in [0, 0.1) is 0 Å². The van der Waals surface area contributed by atoms with E-state index in [4.69, 9.17) is 56.8 Å². The number of carbonyl (C=O) groups excluding carboxylic acids is 2. The molecule has 0 aromatic heterocycles. The van der Waals surface area contributed by atoms with Crippen LogP contribution in [0.2, 0.25) is 0 Å². The first-order chi connectivity index (χ1) is 54.9. The Hall–Kier alpha value is -2.52. The Morgan fingerprint density at radius 3 is 1.20 bits per heavy atom. The Balaban J connectivity index is 1.08. The molecule has 0 bridgehead atoms. The van der Waals surface area contributed by atoms with Gasteiger partial charge in [0.25, 0.3) is 0 Å². The van der Waals surface area contributed by atoms with E-state index in [1.54, 1.807) is 6.08 Å². The highest BCUT2D eigenvalue weighted by molar-refractivity contribution is 5.76. The Morgan fingerprint density at radius 1 is 0.360 bits per heavy atom. The maximum atomic E-state index is 13.6. The van der Waals surface area contributed by atoms with Crippen molar-refractivity contribution in [1.82, 2.24) is 10.6 Å². The molecule has 6 fully saturated rings. The van der Waals surface area contributed by atoms with E-state index in [0.717, 1.165) is 58.3 Å². The summed E-state index contributed by atoms with van der Waals surface area (Å²) in [5, 5.41) is 206. The van der Waals surface area contributed by atoms with E-state index in [0.29, 0.717) is 12.8 Å². The molecule has 32 atom stereocenters. The molecule has 0 spiro atoms. The maximum absolute atomic E-state index is 13.6. The summed E-state index contributed by atoms with van der Waals surface area (Å²) < 4.78 is 71.6. The first kappa shape index (κ1) is 100. The minimum atomic E-state index is -2.21. The lowest BCUT2D eigenvalue weighted by molar-refractivity contribution is -0.405. The van der Waals surface area contributed by atoms with Crippen LogP contribution in [0.3, 0.4) is 0 Å². The van der Waals surface area contributed by atoms with E-state index < -0.39 is 242 Å². The Kier molecular flexibility index (Phi) is 48.2. The van der Waals surface area contributed by atoms with Gasteiger partial charge in [-0.15, -0.1) is 0 Å². The molecular formula is C80H146N2O32. The number of ether oxygens (including phenoxy) is 12. The molecule has 34 nitrogen and oxygen atoms in total. The fourth-order valence-corrected chi connectivity index (χ4v) is 15.7. The van der Waals surface area contributed by atoms with Gasteiger partial charge in [-0.05, 0) is 26.2 Å². The minimum Gasteiger partial charge on any atom is -0.394 e. The smallest absolute Gasteiger partial charge is 0.220 e. The quantitative estimate of drug-likeness (QED) is 0.0296. The van der Waals surface area contributed by atoms with E-state index in [2.05, 4.69) is 24.5 Å². The molecule has 20 N–H and O–H groups in total. The first-order valence-corrected chi connectivity index (χ1v) is 42.8. The van der Waals surface area contributed by atoms with Gasteiger partial charge in [-0.25, -0.2) is 0 Å². The van der Waals surface area contributed by atoms with Gasteiger partial charge in [-0.2, -0.15) is 0 Å². The van der Waals surface area contributed by atoms with Crippen LogP contribution in [0.1, 0.15) is 246 Å². The van der Waals surface area contributed by atoms with Crippen LogP contribution in [0.25, 0.3) is 0 Å². The summed E-state index contributed by atoms with van der Waals surface area (Å²) in [6.07, 6.45) is -14.2. The molecule has 0 aliphatic carbocycles. The van der Waals surface area contributed by atoms with E-state index in [1.165, 1.54) is 155 Å². The average Bonchev–Trinajstić information content (AvgIpc) is 0.782. The lowest BCUT2D eigenvalue weighted by atomic mass is 9.94. The van der Waals surface area contributed by atoms with Crippen molar-refractivity contribution < 1.29 is 158 Å². The second-order valence-electron chi connectivity index (χ2n) is 32.0. The molecule has 6 saturated heterocycles. The van der Waals surface area contributed by atoms with Crippen LogP contribution in [0.15, 0.2) is 12.2 Å². The summed E-state index contributed by atoms with van der Waals surface area (Å²) in [7, 11) is 0. The summed E-state index contributed by atoms with van der Waals surface area (Å²) in [6.45, 7) is 1.29. The molecule has 0 aromatic carbocycles. The third-order valence-corrected chi connectivity index (χ3v) is 22.8. The van der Waals surface area contributed by atoms with E-state index in [9.17, 15) is 102 Å². The van der Waals surface area contributed by atoms with Gasteiger partial charge in [0.1, 0.15) is 140 Å². The van der Waals surface area contributed by atoms with Crippen molar-refractivity contribution in [1.29, 1.82) is 0 Å². The van der Waals surface area contributed by atoms with Gasteiger partial charge in [0.05, 0.1) is 57.9 Å². The number of hydrogen-bond donors (Lipinski definition) is 20. The van der Waals surface area contributed by atoms with E-state index in [1.807, 2.05) is 6.08 Å². The molecule has 0 radical (unpaired) electrons. The molecule has 668 valence electrons. The van der Waals surface area contributed by atoms with Gasteiger partial charge in [-0.3, -0.25) is 9.59 Å². The SMILES string of the molecule is CCCCCCCCCCCCC/C=C/[C@@H](O)[C@H](CO[C@@H]1OC(CO)[C@@H](O[C@@H]2OC(CO)[C@H](O)[C@H](O[C@@H]3OC(CO)[C@@H](O[C@@H]4OC(CO)[C@H](O)[C@H](O[C@H]5OC(CO)[C@H](O)[C@H](O)C5O)C4O[C@H]4OC(C)[C@@H](O)C(O)[C@@H]4O)[C@H](O)C3NC(C)=O)C2O)[C@H](O)C1O)NC(=O)CCCCCCCCCCCCCCCCCCCCCCC. The third kappa shape index (κ3) is 31.4. The van der Waals surface area contributed by atoms with Crippen molar-refractivity contribution in [2.75, 3.05) is 39.6 Å². The number of aliphatic hydroxyl groups is 18. The van der Waals surface area contributed by atoms with Crippen molar-refractivity contribution >= 4 is 11.8 Å². The van der Waals surface area contributed by atoms with Crippen LogP contribution in [-0.4, -0.2) is 340 Å². The number of allylic oxidation sites excluding steroid dienone is 1. The molecule has 6 aliphatic heterocycles. The molecule has 2 amide bonds. The standard InChI is InChI=1S/C80H146N2O32/c1-5-7-9-11-13-15-17-19-20-21-22-23-24-25-26-28-30-32-34-36-38-40-56(90)82-49(50(89)39-37-35-33-31-29-27-18-16-14-12-10-8-6-2)46-103-76-68(101)65(98)71(55(45-87)109-76)110-79-69(102)72(60(93)52(42-84)106-79)112-75-57(81-48(4)88)62(95)70(54(44-86)108-75)111-80-74(114-77-66(99)63(96)58(91)47(3)104-77)73(61(94)53(43-85)107-80)113-78-67(100)64(97)59(92)51(41-83)105-78/h37,39,47,49-55,57-80,83-87,89,91-102H,5-36,38,40-46H2,1-4H3,(H,81,88)(H,82,90)/b39-37+/t47?,49-,50+,51?,52?,53?,54?,55?,57?,58+,59-,60-,61-,62+,63?,64-,65+,66-,67?,68?,69?,70+,71+,72-,73-,74?,75-,76+,77+,78+,79-,80-/m0/s1. The number of carbonyl (C=O) groups is 2. The number of aliphatic hydroxyl groups excluding tert-OH is 18. The van der Waals surface area contributed by atoms with Gasteiger partial charge in [0.2, 0.25) is 11.8 Å². The summed E-state index contributed by atoms with van der Waals surface area (Å²) in [4.78, 5) is 26.6. The third-order valence-electron chi connectivity index (χ3n) is 22.8. The zero-order valence-corrected chi connectivity index (χ0v) is 67.7. The van der Waals surface area contributed by atoms with Crippen molar-refractivity contribution in [3.63, 3.8) is 0 Å². The summed E-state index contributed by atoms with van der Waals surface area (Å²) in [5.41, 5.74) is 0. The number of rotatable bonds is 56. The molecule has 6 heterocycles. The van der Waals surface area contributed by atoms with Gasteiger partial charge in [0, 0.05) is 13.3 Å². The number of hydrogen-bond acceptors (Lipinski definition) is 32. The van der Waals surface area contributed by atoms with Gasteiger partial charge in [0.15, 0.2) is 37.7 Å². The predicted molar refractivity (Wildman–Crippen MR) is 408 cm³/mol. The fraction of sp³-hybridized carbons (Fsp3) is 0.950. The van der Waals surface area contributed by atoms with Crippen molar-refractivity contribution in [2.24, 2.45) is 0 Å². The maximum Gasteiger partial charge on any atom is 0.220 e. The largest absolute Gasteiger partial charge is 0.394 e. The topological polar surface area (TPSA) is 533 Å². The van der Waals surface area contributed by atoms with Crippen LogP contribution >= 0.6 is 0 Å².